The van der Waals surface area contributed by atoms with Gasteiger partial charge in [-0.15, -0.1) is 0 Å². The van der Waals surface area contributed by atoms with E-state index in [0.717, 1.165) is 24.8 Å². The number of amides is 1. The van der Waals surface area contributed by atoms with E-state index in [2.05, 4.69) is 5.32 Å². The number of nitrogens with one attached hydrogen (secondary N) is 1. The molecular weight excluding hydrogens is 228 g/mol. The van der Waals surface area contributed by atoms with Gasteiger partial charge < -0.3 is 16.2 Å². The molecular formula is C14H20N2O2. The molecule has 0 radical (unpaired) electrons. The highest BCUT2D eigenvalue weighted by molar-refractivity contribution is 5.83. The van der Waals surface area contributed by atoms with E-state index in [1.807, 2.05) is 6.92 Å². The monoisotopic (exact) mass is 248 g/mol. The Labute approximate surface area is 107 Å². The third-order valence-electron chi connectivity index (χ3n) is 3.94. The Balaban J connectivity index is 1.94. The number of carbonyl (C=O) groups excluding carboxylic acids is 1. The van der Waals surface area contributed by atoms with Gasteiger partial charge in [-0.25, -0.2) is 0 Å². The summed E-state index contributed by atoms with van der Waals surface area (Å²) in [6.07, 6.45) is 2.79. The molecule has 0 heterocycles. The van der Waals surface area contributed by atoms with Crippen molar-refractivity contribution in [3.8, 4) is 5.75 Å². The summed E-state index contributed by atoms with van der Waals surface area (Å²) in [6.45, 7) is 2.41. The quantitative estimate of drug-likeness (QED) is 0.759. The summed E-state index contributed by atoms with van der Waals surface area (Å²) in [5, 5.41) is 12.1. The van der Waals surface area contributed by atoms with Crippen molar-refractivity contribution in [2.24, 2.45) is 11.1 Å². The summed E-state index contributed by atoms with van der Waals surface area (Å²) in [5.74, 6) is 0.260. The molecule has 0 spiro atoms. The molecule has 0 saturated heterocycles. The lowest BCUT2D eigenvalue weighted by Crippen LogP contribution is -2.47. The molecule has 2 unspecified atom stereocenters. The van der Waals surface area contributed by atoms with Gasteiger partial charge in [-0.3, -0.25) is 4.79 Å². The zero-order chi connectivity index (χ0) is 13.2. The molecule has 2 atom stereocenters. The van der Waals surface area contributed by atoms with Crippen LogP contribution in [0.2, 0.25) is 0 Å². The number of nitrogens with two attached hydrogens (primary N) is 1. The molecule has 2 rings (SSSR count). The topological polar surface area (TPSA) is 75.3 Å². The predicted octanol–water partition coefficient (Wildman–Crippen LogP) is 1.53. The first-order chi connectivity index (χ1) is 8.52. The molecule has 1 aliphatic rings. The minimum Gasteiger partial charge on any atom is -0.508 e. The van der Waals surface area contributed by atoms with Crippen molar-refractivity contribution in [1.29, 1.82) is 0 Å². The Morgan fingerprint density at radius 2 is 2.17 bits per heavy atom. The van der Waals surface area contributed by atoms with Crippen LogP contribution in [0, 0.1) is 5.41 Å². The Morgan fingerprint density at radius 1 is 1.50 bits per heavy atom. The van der Waals surface area contributed by atoms with Gasteiger partial charge in [0.05, 0.1) is 5.41 Å². The lowest BCUT2D eigenvalue weighted by atomic mass is 9.84. The number of rotatable bonds is 3. The van der Waals surface area contributed by atoms with E-state index < -0.39 is 5.41 Å². The summed E-state index contributed by atoms with van der Waals surface area (Å²) in [5.41, 5.74) is 6.54. The van der Waals surface area contributed by atoms with E-state index in [0.29, 0.717) is 6.54 Å². The number of phenols is 1. The zero-order valence-electron chi connectivity index (χ0n) is 10.6. The second-order valence-electron chi connectivity index (χ2n) is 5.27. The summed E-state index contributed by atoms with van der Waals surface area (Å²) in [7, 11) is 0. The molecule has 18 heavy (non-hydrogen) atoms. The Hall–Kier alpha value is -1.55. The molecule has 0 bridgehead atoms. The van der Waals surface area contributed by atoms with Gasteiger partial charge in [0.1, 0.15) is 5.75 Å². The summed E-state index contributed by atoms with van der Waals surface area (Å²) >= 11 is 0. The number of benzene rings is 1. The standard InChI is InChI=1S/C14H20N2O2/c1-14(8-2-3-12(14)15)13(18)16-9-10-4-6-11(17)7-5-10/h4-7,12,17H,2-3,8-9,15H2,1H3,(H,16,18). The van der Waals surface area contributed by atoms with Crippen LogP contribution in [-0.2, 0) is 11.3 Å². The molecule has 4 heteroatoms. The van der Waals surface area contributed by atoms with E-state index in [1.165, 1.54) is 0 Å². The molecule has 0 aliphatic heterocycles. The SMILES string of the molecule is CC1(C(=O)NCc2ccc(O)cc2)CCCC1N. The first-order valence-corrected chi connectivity index (χ1v) is 6.34. The van der Waals surface area contributed by atoms with Crippen molar-refractivity contribution in [3.63, 3.8) is 0 Å². The van der Waals surface area contributed by atoms with Gasteiger partial charge in [0.25, 0.3) is 0 Å². The molecule has 1 saturated carbocycles. The summed E-state index contributed by atoms with van der Waals surface area (Å²) < 4.78 is 0. The van der Waals surface area contributed by atoms with Crippen LogP contribution in [0.15, 0.2) is 24.3 Å². The summed E-state index contributed by atoms with van der Waals surface area (Å²) in [4.78, 5) is 12.2. The molecule has 4 nitrogen and oxygen atoms in total. The maximum atomic E-state index is 12.2. The average Bonchev–Trinajstić information content (AvgIpc) is 2.70. The van der Waals surface area contributed by atoms with Crippen LogP contribution in [0.5, 0.6) is 5.75 Å². The number of hydrogen-bond acceptors (Lipinski definition) is 3. The second kappa shape index (κ2) is 4.98. The molecule has 1 aromatic rings. The van der Waals surface area contributed by atoms with Gasteiger partial charge >= 0.3 is 0 Å². The normalized spacial score (nSPS) is 27.1. The van der Waals surface area contributed by atoms with Crippen LogP contribution < -0.4 is 11.1 Å². The van der Waals surface area contributed by atoms with Crippen molar-refractivity contribution in [2.45, 2.75) is 38.8 Å². The third kappa shape index (κ3) is 2.48. The maximum absolute atomic E-state index is 12.2. The van der Waals surface area contributed by atoms with Crippen molar-refractivity contribution >= 4 is 5.91 Å². The van der Waals surface area contributed by atoms with E-state index in [1.54, 1.807) is 24.3 Å². The molecule has 1 aromatic carbocycles. The average molecular weight is 248 g/mol. The van der Waals surface area contributed by atoms with E-state index in [9.17, 15) is 9.90 Å². The fourth-order valence-corrected chi connectivity index (χ4v) is 2.47. The van der Waals surface area contributed by atoms with Gasteiger partial charge in [0, 0.05) is 12.6 Å². The van der Waals surface area contributed by atoms with Gasteiger partial charge in [-0.1, -0.05) is 18.6 Å². The fourth-order valence-electron chi connectivity index (χ4n) is 2.47. The van der Waals surface area contributed by atoms with Crippen LogP contribution >= 0.6 is 0 Å². The van der Waals surface area contributed by atoms with Gasteiger partial charge in [-0.05, 0) is 37.5 Å². The third-order valence-corrected chi connectivity index (χ3v) is 3.94. The number of hydrogen-bond donors (Lipinski definition) is 3. The van der Waals surface area contributed by atoms with Crippen molar-refractivity contribution in [2.75, 3.05) is 0 Å². The van der Waals surface area contributed by atoms with Gasteiger partial charge in [-0.2, -0.15) is 0 Å². The number of carbonyl (C=O) groups is 1. The van der Waals surface area contributed by atoms with Gasteiger partial charge in [0.2, 0.25) is 5.91 Å². The minimum atomic E-state index is -0.434. The zero-order valence-corrected chi connectivity index (χ0v) is 10.6. The maximum Gasteiger partial charge on any atom is 0.227 e. The molecule has 98 valence electrons. The molecule has 0 aromatic heterocycles. The van der Waals surface area contributed by atoms with Crippen LogP contribution in [0.1, 0.15) is 31.7 Å². The van der Waals surface area contributed by atoms with Crippen molar-refractivity contribution in [3.05, 3.63) is 29.8 Å². The van der Waals surface area contributed by atoms with Crippen molar-refractivity contribution < 1.29 is 9.90 Å². The Morgan fingerprint density at radius 3 is 2.72 bits per heavy atom. The van der Waals surface area contributed by atoms with Crippen LogP contribution in [-0.4, -0.2) is 17.1 Å². The fraction of sp³-hybridized carbons (Fsp3) is 0.500. The summed E-state index contributed by atoms with van der Waals surface area (Å²) in [6, 6.07) is 6.78. The molecule has 1 aliphatic carbocycles. The lowest BCUT2D eigenvalue weighted by Gasteiger charge is -2.27. The van der Waals surface area contributed by atoms with Crippen molar-refractivity contribution in [1.82, 2.24) is 5.32 Å². The van der Waals surface area contributed by atoms with E-state index in [-0.39, 0.29) is 17.7 Å². The van der Waals surface area contributed by atoms with Crippen LogP contribution in [0.3, 0.4) is 0 Å². The number of phenolic OH excluding ortho intramolecular Hbond substituents is 1. The smallest absolute Gasteiger partial charge is 0.227 e. The Kier molecular flexibility index (Phi) is 3.57. The Bertz CT molecular complexity index is 430. The van der Waals surface area contributed by atoms with E-state index in [4.69, 9.17) is 5.73 Å². The van der Waals surface area contributed by atoms with Crippen LogP contribution in [0.25, 0.3) is 0 Å². The first kappa shape index (κ1) is 12.9. The molecule has 1 amide bonds. The van der Waals surface area contributed by atoms with Gasteiger partial charge in [0.15, 0.2) is 0 Å². The van der Waals surface area contributed by atoms with Crippen LogP contribution in [0.4, 0.5) is 0 Å². The minimum absolute atomic E-state index is 0.0283. The first-order valence-electron chi connectivity index (χ1n) is 6.34. The molecule has 1 fully saturated rings. The highest BCUT2D eigenvalue weighted by Crippen LogP contribution is 2.36. The largest absolute Gasteiger partial charge is 0.508 e. The van der Waals surface area contributed by atoms with E-state index >= 15 is 0 Å². The highest BCUT2D eigenvalue weighted by Gasteiger charge is 2.42. The lowest BCUT2D eigenvalue weighted by molar-refractivity contribution is -0.130. The second-order valence-corrected chi connectivity index (χ2v) is 5.27. The molecule has 4 N–H and O–H groups in total. The number of aromatic hydroxyl groups is 1. The predicted molar refractivity (Wildman–Crippen MR) is 69.9 cm³/mol. The highest BCUT2D eigenvalue weighted by atomic mass is 16.3.